The minimum atomic E-state index is 0.411. The van der Waals surface area contributed by atoms with Gasteiger partial charge in [0, 0.05) is 24.5 Å². The van der Waals surface area contributed by atoms with Gasteiger partial charge in [0.1, 0.15) is 0 Å². The van der Waals surface area contributed by atoms with Crippen molar-refractivity contribution in [2.24, 2.45) is 0 Å². The third-order valence-corrected chi connectivity index (χ3v) is 4.29. The summed E-state index contributed by atoms with van der Waals surface area (Å²) in [7, 11) is 0. The van der Waals surface area contributed by atoms with Crippen LogP contribution in [0.1, 0.15) is 55.0 Å². The zero-order chi connectivity index (χ0) is 13.8. The quantitative estimate of drug-likeness (QED) is 0.897. The maximum absolute atomic E-state index is 4.12. The highest BCUT2D eigenvalue weighted by molar-refractivity contribution is 5.32. The van der Waals surface area contributed by atoms with Gasteiger partial charge in [-0.3, -0.25) is 4.98 Å². The van der Waals surface area contributed by atoms with Crippen LogP contribution in [0.2, 0.25) is 0 Å². The third kappa shape index (κ3) is 2.75. The molecule has 0 radical (unpaired) electrons. The fourth-order valence-electron chi connectivity index (χ4n) is 3.22. The summed E-state index contributed by atoms with van der Waals surface area (Å²) in [6.07, 6.45) is 8.60. The SMILES string of the molecule is CC[C@H](N[C@H]1CCCc2ccccc21)c1ccncc1. The van der Waals surface area contributed by atoms with E-state index in [0.29, 0.717) is 12.1 Å². The van der Waals surface area contributed by atoms with Crippen LogP contribution in [0.5, 0.6) is 0 Å². The van der Waals surface area contributed by atoms with Crippen LogP contribution in [0.15, 0.2) is 48.8 Å². The van der Waals surface area contributed by atoms with Gasteiger partial charge in [-0.2, -0.15) is 0 Å². The van der Waals surface area contributed by atoms with E-state index < -0.39 is 0 Å². The molecule has 1 N–H and O–H groups in total. The Bertz CT molecular complexity index is 550. The topological polar surface area (TPSA) is 24.9 Å². The number of benzene rings is 1. The molecular weight excluding hydrogens is 244 g/mol. The van der Waals surface area contributed by atoms with E-state index in [1.807, 2.05) is 12.4 Å². The Morgan fingerprint density at radius 2 is 2.00 bits per heavy atom. The Morgan fingerprint density at radius 1 is 1.20 bits per heavy atom. The smallest absolute Gasteiger partial charge is 0.0328 e. The number of aryl methyl sites for hydroxylation is 1. The standard InChI is InChI=1S/C18H22N2/c1-2-17(15-10-12-19-13-11-15)20-18-9-5-7-14-6-3-4-8-16(14)18/h3-4,6,8,10-13,17-18,20H,2,5,7,9H2,1H3/t17-,18-/m0/s1. The fourth-order valence-corrected chi connectivity index (χ4v) is 3.22. The summed E-state index contributed by atoms with van der Waals surface area (Å²) in [6.45, 7) is 2.24. The molecule has 1 aromatic heterocycles. The lowest BCUT2D eigenvalue weighted by Crippen LogP contribution is -2.29. The number of hydrogen-bond donors (Lipinski definition) is 1. The number of rotatable bonds is 4. The van der Waals surface area contributed by atoms with Gasteiger partial charge in [0.15, 0.2) is 0 Å². The van der Waals surface area contributed by atoms with Gasteiger partial charge < -0.3 is 5.32 Å². The monoisotopic (exact) mass is 266 g/mol. The Kier molecular flexibility index (Phi) is 4.12. The molecule has 0 spiro atoms. The molecular formula is C18H22N2. The van der Waals surface area contributed by atoms with Crippen molar-refractivity contribution in [2.45, 2.75) is 44.7 Å². The molecule has 0 saturated carbocycles. The first-order valence-corrected chi connectivity index (χ1v) is 7.62. The molecule has 1 aromatic carbocycles. The molecule has 104 valence electrons. The van der Waals surface area contributed by atoms with Crippen molar-refractivity contribution in [1.82, 2.24) is 10.3 Å². The molecule has 0 fully saturated rings. The van der Waals surface area contributed by atoms with Crippen molar-refractivity contribution < 1.29 is 0 Å². The van der Waals surface area contributed by atoms with Gasteiger partial charge in [0.05, 0.1) is 0 Å². The van der Waals surface area contributed by atoms with E-state index in [9.17, 15) is 0 Å². The summed E-state index contributed by atoms with van der Waals surface area (Å²) in [5, 5.41) is 3.85. The fraction of sp³-hybridized carbons (Fsp3) is 0.389. The maximum atomic E-state index is 4.12. The van der Waals surface area contributed by atoms with Gasteiger partial charge in [-0.15, -0.1) is 0 Å². The molecule has 2 nitrogen and oxygen atoms in total. The number of nitrogens with zero attached hydrogens (tertiary/aromatic N) is 1. The van der Waals surface area contributed by atoms with Gasteiger partial charge in [-0.05, 0) is 54.5 Å². The second-order valence-corrected chi connectivity index (χ2v) is 5.55. The summed E-state index contributed by atoms with van der Waals surface area (Å²) in [4.78, 5) is 4.12. The predicted octanol–water partition coefficient (Wildman–Crippen LogP) is 4.20. The van der Waals surface area contributed by atoms with Crippen molar-refractivity contribution in [1.29, 1.82) is 0 Å². The Labute approximate surface area is 121 Å². The molecule has 0 bridgehead atoms. The van der Waals surface area contributed by atoms with Crippen LogP contribution >= 0.6 is 0 Å². The van der Waals surface area contributed by atoms with Crippen LogP contribution in [-0.2, 0) is 6.42 Å². The first kappa shape index (κ1) is 13.3. The van der Waals surface area contributed by atoms with Gasteiger partial charge in [0.2, 0.25) is 0 Å². The zero-order valence-corrected chi connectivity index (χ0v) is 12.0. The normalized spacial score (nSPS) is 19.4. The number of pyridine rings is 1. The molecule has 0 aliphatic heterocycles. The van der Waals surface area contributed by atoms with Crippen LogP contribution in [0, 0.1) is 0 Å². The highest BCUT2D eigenvalue weighted by Gasteiger charge is 2.22. The molecule has 2 heteroatoms. The summed E-state index contributed by atoms with van der Waals surface area (Å²) in [5.74, 6) is 0. The van der Waals surface area contributed by atoms with E-state index in [2.05, 4.69) is 53.6 Å². The molecule has 0 amide bonds. The summed E-state index contributed by atoms with van der Waals surface area (Å²) in [6, 6.07) is 14.0. The van der Waals surface area contributed by atoms with E-state index in [4.69, 9.17) is 0 Å². The van der Waals surface area contributed by atoms with E-state index in [1.165, 1.54) is 36.0 Å². The molecule has 0 saturated heterocycles. The van der Waals surface area contributed by atoms with Gasteiger partial charge in [-0.25, -0.2) is 0 Å². The van der Waals surface area contributed by atoms with Gasteiger partial charge in [-0.1, -0.05) is 31.2 Å². The molecule has 2 atom stereocenters. The van der Waals surface area contributed by atoms with Gasteiger partial charge >= 0.3 is 0 Å². The first-order valence-electron chi connectivity index (χ1n) is 7.62. The minimum absolute atomic E-state index is 0.411. The van der Waals surface area contributed by atoms with Gasteiger partial charge in [0.25, 0.3) is 0 Å². The second kappa shape index (κ2) is 6.19. The highest BCUT2D eigenvalue weighted by atomic mass is 15.0. The molecule has 0 unspecified atom stereocenters. The van der Waals surface area contributed by atoms with Crippen LogP contribution in [0.3, 0.4) is 0 Å². The average molecular weight is 266 g/mol. The Balaban J connectivity index is 1.81. The lowest BCUT2D eigenvalue weighted by Gasteiger charge is -2.30. The first-order chi connectivity index (χ1) is 9.88. The Hall–Kier alpha value is -1.67. The summed E-state index contributed by atoms with van der Waals surface area (Å²) in [5.41, 5.74) is 4.35. The van der Waals surface area contributed by atoms with Crippen LogP contribution in [-0.4, -0.2) is 4.98 Å². The molecule has 1 aliphatic carbocycles. The highest BCUT2D eigenvalue weighted by Crippen LogP contribution is 2.32. The lowest BCUT2D eigenvalue weighted by molar-refractivity contribution is 0.393. The van der Waals surface area contributed by atoms with Crippen LogP contribution in [0.4, 0.5) is 0 Å². The molecule has 1 heterocycles. The molecule has 20 heavy (non-hydrogen) atoms. The number of hydrogen-bond acceptors (Lipinski definition) is 2. The summed E-state index contributed by atoms with van der Waals surface area (Å²) < 4.78 is 0. The van der Waals surface area contributed by atoms with E-state index in [-0.39, 0.29) is 0 Å². The Morgan fingerprint density at radius 3 is 2.80 bits per heavy atom. The molecule has 3 rings (SSSR count). The number of fused-ring (bicyclic) bond motifs is 1. The van der Waals surface area contributed by atoms with Crippen molar-refractivity contribution in [3.8, 4) is 0 Å². The van der Waals surface area contributed by atoms with Crippen LogP contribution in [0.25, 0.3) is 0 Å². The van der Waals surface area contributed by atoms with Crippen molar-refractivity contribution in [3.63, 3.8) is 0 Å². The average Bonchev–Trinajstić information content (AvgIpc) is 2.53. The number of nitrogens with one attached hydrogen (secondary N) is 1. The molecule has 1 aliphatic rings. The van der Waals surface area contributed by atoms with Crippen molar-refractivity contribution in [2.75, 3.05) is 0 Å². The maximum Gasteiger partial charge on any atom is 0.0328 e. The second-order valence-electron chi connectivity index (χ2n) is 5.55. The van der Waals surface area contributed by atoms with Crippen LogP contribution < -0.4 is 5.32 Å². The van der Waals surface area contributed by atoms with E-state index in [1.54, 1.807) is 0 Å². The predicted molar refractivity (Wildman–Crippen MR) is 82.5 cm³/mol. The third-order valence-electron chi connectivity index (χ3n) is 4.29. The molecule has 2 aromatic rings. The van der Waals surface area contributed by atoms with E-state index in [0.717, 1.165) is 6.42 Å². The summed E-state index contributed by atoms with van der Waals surface area (Å²) >= 11 is 0. The zero-order valence-electron chi connectivity index (χ0n) is 12.0. The largest absolute Gasteiger partial charge is 0.303 e. The van der Waals surface area contributed by atoms with E-state index >= 15 is 0 Å². The van der Waals surface area contributed by atoms with Crippen molar-refractivity contribution >= 4 is 0 Å². The minimum Gasteiger partial charge on any atom is -0.303 e. The van der Waals surface area contributed by atoms with Crippen molar-refractivity contribution in [3.05, 3.63) is 65.5 Å². The lowest BCUT2D eigenvalue weighted by atomic mass is 9.87. The number of aromatic nitrogens is 1.